The molecule has 6 nitrogen and oxygen atoms in total. The van der Waals surface area contributed by atoms with Crippen LogP contribution in [0.5, 0.6) is 0 Å². The van der Waals surface area contributed by atoms with Crippen LogP contribution in [0.2, 0.25) is 0 Å². The van der Waals surface area contributed by atoms with E-state index in [0.717, 1.165) is 25.1 Å². The van der Waals surface area contributed by atoms with Crippen molar-refractivity contribution in [2.75, 3.05) is 46.1 Å². The van der Waals surface area contributed by atoms with Crippen LogP contribution >= 0.6 is 11.8 Å². The van der Waals surface area contributed by atoms with E-state index in [1.165, 1.54) is 11.8 Å². The molecule has 0 aliphatic rings. The smallest absolute Gasteiger partial charge is 0.303 e. The van der Waals surface area contributed by atoms with Crippen molar-refractivity contribution in [1.29, 1.82) is 0 Å². The molecule has 0 unspecified atom stereocenters. The lowest BCUT2D eigenvalue weighted by Crippen LogP contribution is -2.31. The molecule has 0 spiro atoms. The second-order valence-corrected chi connectivity index (χ2v) is 6.23. The lowest BCUT2D eigenvalue weighted by molar-refractivity contribution is -0.137. The summed E-state index contributed by atoms with van der Waals surface area (Å²) in [5.74, 6) is -0.0250. The molecule has 0 bridgehead atoms. The maximum Gasteiger partial charge on any atom is 0.303 e. The second kappa shape index (κ2) is 12.9. The van der Waals surface area contributed by atoms with Gasteiger partial charge in [0, 0.05) is 38.4 Å². The Morgan fingerprint density at radius 2 is 1.67 bits per heavy atom. The molecule has 124 valence electrons. The van der Waals surface area contributed by atoms with E-state index in [2.05, 4.69) is 0 Å². The minimum atomic E-state index is -0.776. The van der Waals surface area contributed by atoms with Gasteiger partial charge in [-0.15, -0.1) is 0 Å². The molecule has 2 N–H and O–H groups in total. The first kappa shape index (κ1) is 20.2. The summed E-state index contributed by atoms with van der Waals surface area (Å²) >= 11 is 1.30. The van der Waals surface area contributed by atoms with Gasteiger partial charge < -0.3 is 20.0 Å². The maximum absolute atomic E-state index is 12.1. The predicted octanol–water partition coefficient (Wildman–Crippen LogP) is 1.73. The highest BCUT2D eigenvalue weighted by Gasteiger charge is 2.13. The number of aliphatic carboxylic acids is 1. The van der Waals surface area contributed by atoms with Crippen molar-refractivity contribution in [2.24, 2.45) is 0 Å². The molecule has 0 aliphatic heterocycles. The van der Waals surface area contributed by atoms with E-state index in [1.54, 1.807) is 4.90 Å². The third-order valence-corrected chi connectivity index (χ3v) is 3.82. The van der Waals surface area contributed by atoms with Gasteiger partial charge in [0.2, 0.25) is 0 Å². The lowest BCUT2D eigenvalue weighted by atomic mass is 10.2. The number of aliphatic hydroxyl groups is 1. The molecular formula is C14H28N2O4S. The average Bonchev–Trinajstić information content (AvgIpc) is 2.40. The summed E-state index contributed by atoms with van der Waals surface area (Å²) in [6.45, 7) is 2.12. The third-order valence-electron chi connectivity index (χ3n) is 2.93. The molecule has 0 aliphatic carbocycles. The Morgan fingerprint density at radius 3 is 2.24 bits per heavy atom. The summed E-state index contributed by atoms with van der Waals surface area (Å²) in [6, 6.07) is 0. The first-order chi connectivity index (χ1) is 9.97. The van der Waals surface area contributed by atoms with Gasteiger partial charge in [0.25, 0.3) is 5.24 Å². The van der Waals surface area contributed by atoms with E-state index in [-0.39, 0.29) is 18.3 Å². The van der Waals surface area contributed by atoms with Gasteiger partial charge in [0.05, 0.1) is 0 Å². The fourth-order valence-electron chi connectivity index (χ4n) is 1.72. The van der Waals surface area contributed by atoms with Crippen molar-refractivity contribution >= 4 is 23.0 Å². The number of thioether (sulfide) groups is 1. The molecule has 0 fully saturated rings. The quantitative estimate of drug-likeness (QED) is 0.533. The van der Waals surface area contributed by atoms with Crippen molar-refractivity contribution in [3.05, 3.63) is 0 Å². The summed E-state index contributed by atoms with van der Waals surface area (Å²) in [4.78, 5) is 26.3. The molecule has 0 saturated carbocycles. The van der Waals surface area contributed by atoms with Crippen molar-refractivity contribution in [3.8, 4) is 0 Å². The Labute approximate surface area is 131 Å². The predicted molar refractivity (Wildman–Crippen MR) is 85.8 cm³/mol. The Balaban J connectivity index is 3.99. The highest BCUT2D eigenvalue weighted by Crippen LogP contribution is 2.11. The summed E-state index contributed by atoms with van der Waals surface area (Å²) in [7, 11) is 3.94. The van der Waals surface area contributed by atoms with Crippen LogP contribution in [0.15, 0.2) is 0 Å². The van der Waals surface area contributed by atoms with Gasteiger partial charge >= 0.3 is 5.97 Å². The van der Waals surface area contributed by atoms with Crippen LogP contribution in [0, 0.1) is 0 Å². The number of nitrogens with zero attached hydrogens (tertiary/aromatic N) is 2. The van der Waals surface area contributed by atoms with Crippen molar-refractivity contribution in [2.45, 2.75) is 32.1 Å². The van der Waals surface area contributed by atoms with E-state index >= 15 is 0 Å². The SMILES string of the molecule is CN(C)CCSC(=O)N(CCCO)CCCCCC(=O)O. The highest BCUT2D eigenvalue weighted by atomic mass is 32.2. The Kier molecular flexibility index (Phi) is 12.4. The van der Waals surface area contributed by atoms with E-state index in [0.29, 0.717) is 25.9 Å². The molecule has 21 heavy (non-hydrogen) atoms. The minimum absolute atomic E-state index is 0.0449. The van der Waals surface area contributed by atoms with Crippen LogP contribution in [-0.4, -0.2) is 77.3 Å². The van der Waals surface area contributed by atoms with Crippen LogP contribution in [0.4, 0.5) is 4.79 Å². The Bertz CT molecular complexity index is 301. The second-order valence-electron chi connectivity index (χ2n) is 5.19. The number of carboxylic acid groups (broad SMARTS) is 1. The van der Waals surface area contributed by atoms with Gasteiger partial charge in [-0.25, -0.2) is 0 Å². The number of carboxylic acids is 1. The number of hydrogen-bond donors (Lipinski definition) is 2. The Hall–Kier alpha value is -0.790. The number of carbonyl (C=O) groups is 2. The largest absolute Gasteiger partial charge is 0.481 e. The monoisotopic (exact) mass is 320 g/mol. The number of aliphatic hydroxyl groups excluding tert-OH is 1. The summed E-state index contributed by atoms with van der Waals surface area (Å²) < 4.78 is 0. The molecule has 0 rings (SSSR count). The standard InChI is InChI=1S/C14H28N2O4S/c1-15(2)10-12-21-14(20)16(9-6-11-17)8-5-3-4-7-13(18)19/h17H,3-12H2,1-2H3,(H,18,19). The topological polar surface area (TPSA) is 81.1 Å². The van der Waals surface area contributed by atoms with Gasteiger partial charge in [0.1, 0.15) is 0 Å². The zero-order valence-corrected chi connectivity index (χ0v) is 13.9. The van der Waals surface area contributed by atoms with E-state index < -0.39 is 5.97 Å². The van der Waals surface area contributed by atoms with Gasteiger partial charge in [-0.1, -0.05) is 18.2 Å². The maximum atomic E-state index is 12.1. The molecule has 0 heterocycles. The minimum Gasteiger partial charge on any atom is -0.481 e. The van der Waals surface area contributed by atoms with Crippen LogP contribution in [0.3, 0.4) is 0 Å². The van der Waals surface area contributed by atoms with Gasteiger partial charge in [-0.05, 0) is 33.4 Å². The van der Waals surface area contributed by atoms with Crippen LogP contribution in [0.25, 0.3) is 0 Å². The van der Waals surface area contributed by atoms with Crippen molar-refractivity contribution in [3.63, 3.8) is 0 Å². The summed E-state index contributed by atoms with van der Waals surface area (Å²) in [5, 5.41) is 17.5. The zero-order valence-electron chi connectivity index (χ0n) is 13.1. The lowest BCUT2D eigenvalue weighted by Gasteiger charge is -2.22. The molecule has 7 heteroatoms. The molecule has 0 aromatic carbocycles. The van der Waals surface area contributed by atoms with Crippen LogP contribution in [0.1, 0.15) is 32.1 Å². The van der Waals surface area contributed by atoms with Crippen molar-refractivity contribution < 1.29 is 19.8 Å². The van der Waals surface area contributed by atoms with E-state index in [9.17, 15) is 9.59 Å². The van der Waals surface area contributed by atoms with E-state index in [4.69, 9.17) is 10.2 Å². The molecule has 0 radical (unpaired) electrons. The zero-order chi connectivity index (χ0) is 16.1. The van der Waals surface area contributed by atoms with Crippen molar-refractivity contribution in [1.82, 2.24) is 9.80 Å². The summed E-state index contributed by atoms with van der Waals surface area (Å²) in [6.07, 6.45) is 3.01. The van der Waals surface area contributed by atoms with Crippen LogP contribution < -0.4 is 0 Å². The number of carbonyl (C=O) groups excluding carboxylic acids is 1. The number of rotatable bonds is 12. The van der Waals surface area contributed by atoms with Gasteiger partial charge in [0.15, 0.2) is 0 Å². The number of amides is 1. The highest BCUT2D eigenvalue weighted by molar-refractivity contribution is 8.13. The summed E-state index contributed by atoms with van der Waals surface area (Å²) in [5.41, 5.74) is 0. The third kappa shape index (κ3) is 12.6. The molecule has 0 atom stereocenters. The molecule has 0 saturated heterocycles. The fourth-order valence-corrected chi connectivity index (χ4v) is 2.71. The van der Waals surface area contributed by atoms with E-state index in [1.807, 2.05) is 19.0 Å². The first-order valence-corrected chi connectivity index (χ1v) is 8.35. The molecule has 0 aromatic heterocycles. The molecule has 1 amide bonds. The van der Waals surface area contributed by atoms with Gasteiger partial charge in [-0.3, -0.25) is 9.59 Å². The normalized spacial score (nSPS) is 10.9. The fraction of sp³-hybridized carbons (Fsp3) is 0.857. The molecule has 0 aromatic rings. The Morgan fingerprint density at radius 1 is 1.00 bits per heavy atom. The van der Waals surface area contributed by atoms with Gasteiger partial charge in [-0.2, -0.15) is 0 Å². The number of unbranched alkanes of at least 4 members (excludes halogenated alkanes) is 2. The number of hydrogen-bond acceptors (Lipinski definition) is 5. The average molecular weight is 320 g/mol. The molecular weight excluding hydrogens is 292 g/mol. The van der Waals surface area contributed by atoms with Crippen LogP contribution in [-0.2, 0) is 4.79 Å². The first-order valence-electron chi connectivity index (χ1n) is 7.36.